The number of ether oxygens (including phenoxy) is 2. The van der Waals surface area contributed by atoms with Crippen LogP contribution in [0.5, 0.6) is 5.75 Å². The van der Waals surface area contributed by atoms with E-state index in [0.29, 0.717) is 23.8 Å². The molecular weight excluding hydrogens is 398 g/mol. The number of carbonyl (C=O) groups is 2. The van der Waals surface area contributed by atoms with Gasteiger partial charge in [0, 0.05) is 23.9 Å². The van der Waals surface area contributed by atoms with Crippen LogP contribution >= 0.6 is 0 Å². The van der Waals surface area contributed by atoms with Crippen LogP contribution in [0, 0.1) is 0 Å². The number of nitrogens with one attached hydrogen (secondary N) is 2. The van der Waals surface area contributed by atoms with E-state index < -0.39 is 5.91 Å². The van der Waals surface area contributed by atoms with Crippen LogP contribution in [0.25, 0.3) is 11.3 Å². The zero-order valence-electron chi connectivity index (χ0n) is 16.9. The fourth-order valence-corrected chi connectivity index (χ4v) is 3.18. The third kappa shape index (κ3) is 5.70. The Labute approximate surface area is 179 Å². The van der Waals surface area contributed by atoms with Crippen LogP contribution in [-0.2, 0) is 9.53 Å². The van der Waals surface area contributed by atoms with E-state index in [1.165, 1.54) is 6.07 Å². The van der Waals surface area contributed by atoms with Crippen molar-refractivity contribution in [3.63, 3.8) is 0 Å². The van der Waals surface area contributed by atoms with E-state index in [0.717, 1.165) is 25.0 Å². The van der Waals surface area contributed by atoms with Gasteiger partial charge in [0.2, 0.25) is 5.91 Å². The smallest absolute Gasteiger partial charge is 0.273 e. The summed E-state index contributed by atoms with van der Waals surface area (Å²) in [5.74, 6) is 0.353. The van der Waals surface area contributed by atoms with E-state index in [1.807, 2.05) is 30.3 Å². The molecular formula is C23H23N3O5. The van der Waals surface area contributed by atoms with Crippen LogP contribution in [0.2, 0.25) is 0 Å². The van der Waals surface area contributed by atoms with Crippen LogP contribution < -0.4 is 15.4 Å². The Morgan fingerprint density at radius 3 is 2.65 bits per heavy atom. The highest BCUT2D eigenvalue weighted by Crippen LogP contribution is 2.20. The number of hydrogen-bond acceptors (Lipinski definition) is 6. The topological polar surface area (TPSA) is 103 Å². The number of carbonyl (C=O) groups excluding carboxylic acids is 2. The Bertz CT molecular complexity index is 1010. The average Bonchev–Trinajstić information content (AvgIpc) is 3.50. The molecule has 4 rings (SSSR count). The van der Waals surface area contributed by atoms with Gasteiger partial charge in [-0.05, 0) is 37.1 Å². The highest BCUT2D eigenvalue weighted by atomic mass is 16.5. The number of hydrogen-bond donors (Lipinski definition) is 2. The summed E-state index contributed by atoms with van der Waals surface area (Å²) < 4.78 is 16.4. The van der Waals surface area contributed by atoms with E-state index in [1.54, 1.807) is 24.3 Å². The van der Waals surface area contributed by atoms with Gasteiger partial charge < -0.3 is 24.6 Å². The Morgan fingerprint density at radius 1 is 1.10 bits per heavy atom. The summed E-state index contributed by atoms with van der Waals surface area (Å²) in [6, 6.07) is 17.9. The first kappa shape index (κ1) is 20.6. The molecule has 1 unspecified atom stereocenters. The van der Waals surface area contributed by atoms with Crippen molar-refractivity contribution in [1.82, 2.24) is 10.5 Å². The summed E-state index contributed by atoms with van der Waals surface area (Å²) in [6.07, 6.45) is 2.23. The van der Waals surface area contributed by atoms with Gasteiger partial charge in [0.15, 0.2) is 11.5 Å². The van der Waals surface area contributed by atoms with Crippen LogP contribution in [0.3, 0.4) is 0 Å². The normalized spacial score (nSPS) is 15.4. The van der Waals surface area contributed by atoms with Crippen LogP contribution in [0.4, 0.5) is 5.69 Å². The number of nitrogens with zero attached hydrogens (tertiary/aromatic N) is 1. The SMILES string of the molecule is O=C(CNC(=O)c1cc(-c2ccccc2)on1)Nc1ccc(OCC2CCCO2)cc1. The molecule has 8 nitrogen and oxygen atoms in total. The Morgan fingerprint density at radius 2 is 1.90 bits per heavy atom. The molecule has 1 aromatic heterocycles. The van der Waals surface area contributed by atoms with Crippen molar-refractivity contribution in [2.24, 2.45) is 0 Å². The molecule has 2 aromatic carbocycles. The van der Waals surface area contributed by atoms with Crippen molar-refractivity contribution < 1.29 is 23.6 Å². The lowest BCUT2D eigenvalue weighted by atomic mass is 10.1. The fraction of sp³-hybridized carbons (Fsp3) is 0.261. The van der Waals surface area contributed by atoms with Crippen molar-refractivity contribution >= 4 is 17.5 Å². The standard InChI is InChI=1S/C23H23N3O5/c27-22(25-17-8-10-18(11-9-17)30-15-19-7-4-12-29-19)14-24-23(28)20-13-21(31-26-20)16-5-2-1-3-6-16/h1-3,5-6,8-11,13,19H,4,7,12,14-15H2,(H,24,28)(H,25,27). The van der Waals surface area contributed by atoms with Gasteiger partial charge in [-0.2, -0.15) is 0 Å². The Balaban J connectivity index is 1.22. The Kier molecular flexibility index (Phi) is 6.59. The molecule has 8 heteroatoms. The van der Waals surface area contributed by atoms with E-state index >= 15 is 0 Å². The summed E-state index contributed by atoms with van der Waals surface area (Å²) in [4.78, 5) is 24.4. The molecule has 31 heavy (non-hydrogen) atoms. The van der Waals surface area contributed by atoms with Crippen molar-refractivity contribution in [2.75, 3.05) is 25.1 Å². The highest BCUT2D eigenvalue weighted by molar-refractivity contribution is 5.98. The molecule has 1 aliphatic rings. The first-order valence-corrected chi connectivity index (χ1v) is 10.1. The van der Waals surface area contributed by atoms with Crippen molar-refractivity contribution in [3.05, 3.63) is 66.4 Å². The lowest BCUT2D eigenvalue weighted by Gasteiger charge is -2.12. The van der Waals surface area contributed by atoms with Gasteiger partial charge in [0.1, 0.15) is 12.4 Å². The molecule has 2 heterocycles. The molecule has 1 fully saturated rings. The number of aromatic nitrogens is 1. The second kappa shape index (κ2) is 9.90. The number of amides is 2. The predicted octanol–water partition coefficient (Wildman–Crippen LogP) is 3.27. The molecule has 0 bridgehead atoms. The minimum Gasteiger partial charge on any atom is -0.491 e. The lowest BCUT2D eigenvalue weighted by molar-refractivity contribution is -0.115. The fourth-order valence-electron chi connectivity index (χ4n) is 3.18. The quantitative estimate of drug-likeness (QED) is 0.579. The minimum absolute atomic E-state index is 0.111. The van der Waals surface area contributed by atoms with E-state index in [9.17, 15) is 9.59 Å². The molecule has 0 saturated carbocycles. The molecule has 1 aliphatic heterocycles. The first-order chi connectivity index (χ1) is 15.2. The van der Waals surface area contributed by atoms with Crippen molar-refractivity contribution in [2.45, 2.75) is 18.9 Å². The zero-order valence-corrected chi connectivity index (χ0v) is 16.9. The zero-order chi connectivity index (χ0) is 21.5. The largest absolute Gasteiger partial charge is 0.491 e. The molecule has 0 spiro atoms. The second-order valence-corrected chi connectivity index (χ2v) is 7.14. The number of rotatable bonds is 8. The van der Waals surface area contributed by atoms with Crippen LogP contribution in [0.15, 0.2) is 65.2 Å². The van der Waals surface area contributed by atoms with Gasteiger partial charge in [-0.3, -0.25) is 9.59 Å². The number of benzene rings is 2. The van der Waals surface area contributed by atoms with Gasteiger partial charge >= 0.3 is 0 Å². The average molecular weight is 421 g/mol. The van der Waals surface area contributed by atoms with Crippen LogP contribution in [0.1, 0.15) is 23.3 Å². The lowest BCUT2D eigenvalue weighted by Crippen LogP contribution is -2.33. The van der Waals surface area contributed by atoms with Gasteiger partial charge in [0.05, 0.1) is 12.6 Å². The third-order valence-corrected chi connectivity index (χ3v) is 4.81. The van der Waals surface area contributed by atoms with E-state index in [2.05, 4.69) is 15.8 Å². The number of anilines is 1. The summed E-state index contributed by atoms with van der Waals surface area (Å²) in [6.45, 7) is 1.12. The monoisotopic (exact) mass is 421 g/mol. The van der Waals surface area contributed by atoms with Crippen molar-refractivity contribution in [1.29, 1.82) is 0 Å². The van der Waals surface area contributed by atoms with Gasteiger partial charge in [-0.15, -0.1) is 0 Å². The maximum absolute atomic E-state index is 12.2. The third-order valence-electron chi connectivity index (χ3n) is 4.81. The van der Waals surface area contributed by atoms with Crippen LogP contribution in [-0.4, -0.2) is 42.8 Å². The minimum atomic E-state index is -0.487. The maximum atomic E-state index is 12.2. The van der Waals surface area contributed by atoms with Gasteiger partial charge in [0.25, 0.3) is 5.91 Å². The molecule has 0 aliphatic carbocycles. The molecule has 0 radical (unpaired) electrons. The summed E-state index contributed by atoms with van der Waals surface area (Å²) in [5, 5.41) is 9.03. The van der Waals surface area contributed by atoms with E-state index in [4.69, 9.17) is 14.0 Å². The maximum Gasteiger partial charge on any atom is 0.273 e. The molecule has 2 amide bonds. The molecule has 1 saturated heterocycles. The van der Waals surface area contributed by atoms with Gasteiger partial charge in [-0.25, -0.2) is 0 Å². The highest BCUT2D eigenvalue weighted by Gasteiger charge is 2.16. The van der Waals surface area contributed by atoms with Gasteiger partial charge in [-0.1, -0.05) is 35.5 Å². The molecule has 160 valence electrons. The second-order valence-electron chi connectivity index (χ2n) is 7.14. The Hall–Kier alpha value is -3.65. The molecule has 3 aromatic rings. The first-order valence-electron chi connectivity index (χ1n) is 10.1. The summed E-state index contributed by atoms with van der Waals surface area (Å²) >= 11 is 0. The predicted molar refractivity (Wildman–Crippen MR) is 114 cm³/mol. The summed E-state index contributed by atoms with van der Waals surface area (Å²) in [5.41, 5.74) is 1.53. The summed E-state index contributed by atoms with van der Waals surface area (Å²) in [7, 11) is 0. The van der Waals surface area contributed by atoms with E-state index in [-0.39, 0.29) is 24.2 Å². The molecule has 2 N–H and O–H groups in total. The van der Waals surface area contributed by atoms with Crippen molar-refractivity contribution in [3.8, 4) is 17.1 Å². The molecule has 1 atom stereocenters.